The molecule has 102 valence electrons. The molecule has 0 heterocycles. The predicted octanol–water partition coefficient (Wildman–Crippen LogP) is 1.84. The molecule has 1 atom stereocenters. The summed E-state index contributed by atoms with van der Waals surface area (Å²) >= 11 is 0. The van der Waals surface area contributed by atoms with E-state index in [0.29, 0.717) is 6.54 Å². The van der Waals surface area contributed by atoms with E-state index in [2.05, 4.69) is 5.32 Å². The molecule has 1 fully saturated rings. The van der Waals surface area contributed by atoms with Crippen LogP contribution in [0.2, 0.25) is 0 Å². The molecule has 0 aliphatic heterocycles. The van der Waals surface area contributed by atoms with Gasteiger partial charge in [-0.1, -0.05) is 33.1 Å². The second kappa shape index (κ2) is 6.75. The second-order valence-corrected chi connectivity index (χ2v) is 5.79. The Balaban J connectivity index is 2.52. The summed E-state index contributed by atoms with van der Waals surface area (Å²) in [4.78, 5) is 11.9. The van der Waals surface area contributed by atoms with Crippen LogP contribution in [-0.4, -0.2) is 24.2 Å². The van der Waals surface area contributed by atoms with Crippen LogP contribution < -0.4 is 5.32 Å². The largest absolute Gasteiger partial charge is 0.396 e. The van der Waals surface area contributed by atoms with Gasteiger partial charge in [-0.05, 0) is 18.8 Å². The number of carbonyl (C=O) groups is 1. The first kappa shape index (κ1) is 15.0. The average Bonchev–Trinajstić information content (AvgIpc) is 2.38. The second-order valence-electron chi connectivity index (χ2n) is 5.79. The van der Waals surface area contributed by atoms with Gasteiger partial charge in [-0.2, -0.15) is 5.26 Å². The van der Waals surface area contributed by atoms with Crippen LogP contribution in [0.1, 0.15) is 46.0 Å². The van der Waals surface area contributed by atoms with E-state index in [1.165, 1.54) is 6.42 Å². The normalized spacial score (nSPS) is 20.2. The Morgan fingerprint density at radius 1 is 1.39 bits per heavy atom. The lowest BCUT2D eigenvalue weighted by Gasteiger charge is -2.36. The van der Waals surface area contributed by atoms with Crippen LogP contribution in [-0.2, 0) is 4.79 Å². The molecule has 1 aliphatic carbocycles. The highest BCUT2D eigenvalue weighted by Crippen LogP contribution is 2.35. The highest BCUT2D eigenvalue weighted by atomic mass is 16.3. The quantitative estimate of drug-likeness (QED) is 0.784. The molecule has 1 saturated carbocycles. The van der Waals surface area contributed by atoms with E-state index in [-0.39, 0.29) is 23.8 Å². The third-order valence-corrected chi connectivity index (χ3v) is 3.98. The molecule has 0 radical (unpaired) electrons. The van der Waals surface area contributed by atoms with Crippen LogP contribution in [0, 0.1) is 28.6 Å². The standard InChI is InChI=1S/C14H24N2O2/c1-11(2)12(8-15)13(18)16-9-14(10-17)6-4-3-5-7-14/h11-12,17H,3-7,9-10H2,1-2H3,(H,16,18). The van der Waals surface area contributed by atoms with Gasteiger partial charge in [-0.25, -0.2) is 0 Å². The van der Waals surface area contributed by atoms with Crippen LogP contribution in [0.4, 0.5) is 0 Å². The van der Waals surface area contributed by atoms with Crippen molar-refractivity contribution in [2.24, 2.45) is 17.3 Å². The Bertz CT molecular complexity index is 314. The number of aliphatic hydroxyl groups is 1. The fourth-order valence-corrected chi connectivity index (χ4v) is 2.59. The molecule has 0 bridgehead atoms. The van der Waals surface area contributed by atoms with E-state index >= 15 is 0 Å². The SMILES string of the molecule is CC(C)C(C#N)C(=O)NCC1(CO)CCCCC1. The molecular weight excluding hydrogens is 228 g/mol. The summed E-state index contributed by atoms with van der Waals surface area (Å²) in [5.41, 5.74) is -0.162. The molecule has 1 amide bonds. The number of nitrogens with zero attached hydrogens (tertiary/aromatic N) is 1. The van der Waals surface area contributed by atoms with Gasteiger partial charge in [0.05, 0.1) is 12.7 Å². The Morgan fingerprint density at radius 3 is 2.44 bits per heavy atom. The zero-order valence-electron chi connectivity index (χ0n) is 11.4. The molecule has 1 rings (SSSR count). The minimum Gasteiger partial charge on any atom is -0.396 e. The van der Waals surface area contributed by atoms with E-state index < -0.39 is 5.92 Å². The van der Waals surface area contributed by atoms with Crippen molar-refractivity contribution >= 4 is 5.91 Å². The first-order chi connectivity index (χ1) is 8.54. The number of rotatable bonds is 5. The maximum atomic E-state index is 11.9. The lowest BCUT2D eigenvalue weighted by atomic mass is 9.74. The molecule has 0 aromatic heterocycles. The summed E-state index contributed by atoms with van der Waals surface area (Å²) in [5, 5.41) is 21.4. The smallest absolute Gasteiger partial charge is 0.237 e. The average molecular weight is 252 g/mol. The number of hydrogen-bond donors (Lipinski definition) is 2. The van der Waals surface area contributed by atoms with E-state index in [0.717, 1.165) is 25.7 Å². The summed E-state index contributed by atoms with van der Waals surface area (Å²) in [6, 6.07) is 2.04. The van der Waals surface area contributed by atoms with Crippen molar-refractivity contribution in [1.82, 2.24) is 5.32 Å². The van der Waals surface area contributed by atoms with Crippen molar-refractivity contribution in [2.75, 3.05) is 13.2 Å². The van der Waals surface area contributed by atoms with E-state index in [4.69, 9.17) is 5.26 Å². The van der Waals surface area contributed by atoms with Crippen LogP contribution in [0.5, 0.6) is 0 Å². The van der Waals surface area contributed by atoms with Crippen molar-refractivity contribution in [1.29, 1.82) is 5.26 Å². The third-order valence-electron chi connectivity index (χ3n) is 3.98. The van der Waals surface area contributed by atoms with Crippen LogP contribution in [0.15, 0.2) is 0 Å². The fourth-order valence-electron chi connectivity index (χ4n) is 2.59. The summed E-state index contributed by atoms with van der Waals surface area (Å²) in [7, 11) is 0. The summed E-state index contributed by atoms with van der Waals surface area (Å²) in [6.45, 7) is 4.35. The third kappa shape index (κ3) is 3.71. The van der Waals surface area contributed by atoms with Crippen molar-refractivity contribution < 1.29 is 9.90 Å². The number of aliphatic hydroxyl groups excluding tert-OH is 1. The number of carbonyl (C=O) groups excluding carboxylic acids is 1. The molecule has 0 spiro atoms. The maximum absolute atomic E-state index is 11.9. The lowest BCUT2D eigenvalue weighted by molar-refractivity contribution is -0.125. The first-order valence-corrected chi connectivity index (χ1v) is 6.83. The number of nitriles is 1. The Hall–Kier alpha value is -1.08. The van der Waals surface area contributed by atoms with Gasteiger partial charge in [-0.3, -0.25) is 4.79 Å². The van der Waals surface area contributed by atoms with Gasteiger partial charge in [0.15, 0.2) is 0 Å². The molecule has 0 aromatic rings. The van der Waals surface area contributed by atoms with Gasteiger partial charge in [0.1, 0.15) is 5.92 Å². The van der Waals surface area contributed by atoms with E-state index in [1.807, 2.05) is 19.9 Å². The highest BCUT2D eigenvalue weighted by molar-refractivity contribution is 5.81. The molecule has 2 N–H and O–H groups in total. The summed E-state index contributed by atoms with van der Waals surface area (Å²) in [6.07, 6.45) is 5.36. The molecular formula is C14H24N2O2. The van der Waals surface area contributed by atoms with Crippen molar-refractivity contribution in [3.05, 3.63) is 0 Å². The van der Waals surface area contributed by atoms with E-state index in [1.54, 1.807) is 0 Å². The van der Waals surface area contributed by atoms with Crippen LogP contribution >= 0.6 is 0 Å². The predicted molar refractivity (Wildman–Crippen MR) is 69.6 cm³/mol. The van der Waals surface area contributed by atoms with Gasteiger partial charge < -0.3 is 10.4 Å². The Morgan fingerprint density at radius 2 is 2.00 bits per heavy atom. The zero-order chi connectivity index (χ0) is 13.6. The minimum atomic E-state index is -0.593. The first-order valence-electron chi connectivity index (χ1n) is 6.83. The number of amides is 1. The molecule has 4 heteroatoms. The van der Waals surface area contributed by atoms with Crippen LogP contribution in [0.25, 0.3) is 0 Å². The van der Waals surface area contributed by atoms with Gasteiger partial charge in [0.2, 0.25) is 5.91 Å². The topological polar surface area (TPSA) is 73.1 Å². The molecule has 18 heavy (non-hydrogen) atoms. The van der Waals surface area contributed by atoms with Gasteiger partial charge in [-0.15, -0.1) is 0 Å². The number of nitrogens with one attached hydrogen (secondary N) is 1. The Labute approximate surface area is 109 Å². The van der Waals surface area contributed by atoms with Crippen LogP contribution in [0.3, 0.4) is 0 Å². The van der Waals surface area contributed by atoms with Gasteiger partial charge >= 0.3 is 0 Å². The molecule has 0 saturated heterocycles. The molecule has 1 unspecified atom stereocenters. The van der Waals surface area contributed by atoms with Crippen molar-refractivity contribution in [3.63, 3.8) is 0 Å². The zero-order valence-corrected chi connectivity index (χ0v) is 11.4. The van der Waals surface area contributed by atoms with Crippen molar-refractivity contribution in [2.45, 2.75) is 46.0 Å². The van der Waals surface area contributed by atoms with Crippen molar-refractivity contribution in [3.8, 4) is 6.07 Å². The van der Waals surface area contributed by atoms with Gasteiger partial charge in [0, 0.05) is 12.0 Å². The Kier molecular flexibility index (Phi) is 5.61. The molecule has 0 aromatic carbocycles. The fraction of sp³-hybridized carbons (Fsp3) is 0.857. The molecule has 4 nitrogen and oxygen atoms in total. The maximum Gasteiger partial charge on any atom is 0.237 e. The minimum absolute atomic E-state index is 0.0198. The lowest BCUT2D eigenvalue weighted by Crippen LogP contribution is -2.43. The monoisotopic (exact) mass is 252 g/mol. The highest BCUT2D eigenvalue weighted by Gasteiger charge is 2.32. The van der Waals surface area contributed by atoms with E-state index in [9.17, 15) is 9.90 Å². The summed E-state index contributed by atoms with van der Waals surface area (Å²) < 4.78 is 0. The van der Waals surface area contributed by atoms with Gasteiger partial charge in [0.25, 0.3) is 0 Å². The summed E-state index contributed by atoms with van der Waals surface area (Å²) in [5.74, 6) is -0.776. The number of hydrogen-bond acceptors (Lipinski definition) is 3. The molecule has 1 aliphatic rings.